The van der Waals surface area contributed by atoms with Gasteiger partial charge in [0.1, 0.15) is 5.76 Å². The number of fused-ring (bicyclic) bond motifs is 3. The molecule has 0 atom stereocenters. The Labute approximate surface area is 124 Å². The summed E-state index contributed by atoms with van der Waals surface area (Å²) in [5.74, 6) is 0.999. The van der Waals surface area contributed by atoms with Crippen molar-refractivity contribution in [1.82, 2.24) is 4.90 Å². The molecule has 4 rings (SSSR count). The van der Waals surface area contributed by atoms with Crippen molar-refractivity contribution in [1.29, 1.82) is 0 Å². The molecule has 104 valence electrons. The highest BCUT2D eigenvalue weighted by molar-refractivity contribution is 5.78. The second kappa shape index (κ2) is 4.90. The van der Waals surface area contributed by atoms with E-state index in [1.807, 2.05) is 12.1 Å². The third kappa shape index (κ3) is 1.99. The van der Waals surface area contributed by atoms with Gasteiger partial charge in [-0.1, -0.05) is 48.5 Å². The summed E-state index contributed by atoms with van der Waals surface area (Å²) in [7, 11) is 2.16. The highest BCUT2D eigenvalue weighted by Gasteiger charge is 2.30. The first-order valence-corrected chi connectivity index (χ1v) is 7.25. The lowest BCUT2D eigenvalue weighted by Crippen LogP contribution is -2.23. The van der Waals surface area contributed by atoms with Gasteiger partial charge in [0, 0.05) is 0 Å². The van der Waals surface area contributed by atoms with E-state index in [0.29, 0.717) is 6.04 Å². The SMILES string of the molecule is CN(Cc1ccco1)C1c2ccccc2-c2ccccc21. The molecule has 21 heavy (non-hydrogen) atoms. The summed E-state index contributed by atoms with van der Waals surface area (Å²) in [6.45, 7) is 0.806. The van der Waals surface area contributed by atoms with Crippen LogP contribution < -0.4 is 0 Å². The van der Waals surface area contributed by atoms with Crippen LogP contribution in [-0.4, -0.2) is 11.9 Å². The van der Waals surface area contributed by atoms with Gasteiger partial charge in [0.05, 0.1) is 18.8 Å². The summed E-state index contributed by atoms with van der Waals surface area (Å²) in [4.78, 5) is 2.35. The number of hydrogen-bond acceptors (Lipinski definition) is 2. The van der Waals surface area contributed by atoms with Crippen LogP contribution in [0, 0.1) is 0 Å². The van der Waals surface area contributed by atoms with E-state index in [0.717, 1.165) is 12.3 Å². The number of rotatable bonds is 3. The van der Waals surface area contributed by atoms with Crippen LogP contribution in [0.15, 0.2) is 71.3 Å². The first-order valence-electron chi connectivity index (χ1n) is 7.25. The normalized spacial score (nSPS) is 13.4. The fourth-order valence-electron chi connectivity index (χ4n) is 3.34. The second-order valence-corrected chi connectivity index (χ2v) is 5.57. The fourth-order valence-corrected chi connectivity index (χ4v) is 3.34. The Bertz CT molecular complexity index is 715. The van der Waals surface area contributed by atoms with Crippen LogP contribution in [0.25, 0.3) is 11.1 Å². The summed E-state index contributed by atoms with van der Waals surface area (Å²) in [6.07, 6.45) is 1.74. The predicted octanol–water partition coefficient (Wildman–Crippen LogP) is 4.48. The Morgan fingerprint density at radius 1 is 0.857 bits per heavy atom. The molecular formula is C19H17NO. The van der Waals surface area contributed by atoms with Crippen molar-refractivity contribution < 1.29 is 4.42 Å². The van der Waals surface area contributed by atoms with Crippen molar-refractivity contribution in [3.8, 4) is 11.1 Å². The molecule has 0 N–H and O–H groups in total. The highest BCUT2D eigenvalue weighted by atomic mass is 16.3. The molecule has 1 aliphatic carbocycles. The lowest BCUT2D eigenvalue weighted by Gasteiger charge is -2.25. The van der Waals surface area contributed by atoms with Crippen LogP contribution in [0.2, 0.25) is 0 Å². The Kier molecular flexibility index (Phi) is 2.90. The maximum absolute atomic E-state index is 5.50. The minimum atomic E-state index is 0.294. The topological polar surface area (TPSA) is 16.4 Å². The minimum Gasteiger partial charge on any atom is -0.468 e. The zero-order valence-corrected chi connectivity index (χ0v) is 12.0. The lowest BCUT2D eigenvalue weighted by molar-refractivity contribution is 0.251. The lowest BCUT2D eigenvalue weighted by atomic mass is 10.0. The van der Waals surface area contributed by atoms with Crippen LogP contribution in [0.4, 0.5) is 0 Å². The molecule has 0 bridgehead atoms. The molecule has 2 aromatic carbocycles. The molecule has 0 spiro atoms. The number of benzene rings is 2. The Morgan fingerprint density at radius 2 is 1.48 bits per heavy atom. The van der Waals surface area contributed by atoms with Crippen LogP contribution >= 0.6 is 0 Å². The van der Waals surface area contributed by atoms with Gasteiger partial charge in [0.2, 0.25) is 0 Å². The van der Waals surface area contributed by atoms with E-state index in [2.05, 4.69) is 60.5 Å². The third-order valence-corrected chi connectivity index (χ3v) is 4.23. The molecule has 1 aromatic heterocycles. The summed E-state index contributed by atoms with van der Waals surface area (Å²) >= 11 is 0. The largest absolute Gasteiger partial charge is 0.468 e. The van der Waals surface area contributed by atoms with E-state index in [4.69, 9.17) is 4.42 Å². The van der Waals surface area contributed by atoms with Crippen LogP contribution in [0.3, 0.4) is 0 Å². The summed E-state index contributed by atoms with van der Waals surface area (Å²) in [5.41, 5.74) is 5.47. The molecule has 0 radical (unpaired) electrons. The van der Waals surface area contributed by atoms with E-state index in [9.17, 15) is 0 Å². The molecule has 0 amide bonds. The zero-order valence-electron chi connectivity index (χ0n) is 12.0. The van der Waals surface area contributed by atoms with Crippen molar-refractivity contribution >= 4 is 0 Å². The zero-order chi connectivity index (χ0) is 14.2. The summed E-state index contributed by atoms with van der Waals surface area (Å²) in [5, 5.41) is 0. The van der Waals surface area contributed by atoms with Gasteiger partial charge in [-0.15, -0.1) is 0 Å². The quantitative estimate of drug-likeness (QED) is 0.700. The standard InChI is InChI=1S/C19H17NO/c1-20(13-14-7-6-12-21-14)19-17-10-4-2-8-15(17)16-9-3-5-11-18(16)19/h2-12,19H,13H2,1H3. The second-order valence-electron chi connectivity index (χ2n) is 5.57. The maximum atomic E-state index is 5.50. The molecule has 1 heterocycles. The van der Waals surface area contributed by atoms with Crippen molar-refractivity contribution in [3.05, 3.63) is 83.8 Å². The molecule has 0 saturated heterocycles. The van der Waals surface area contributed by atoms with Crippen LogP contribution in [-0.2, 0) is 6.54 Å². The Morgan fingerprint density at radius 3 is 2.05 bits per heavy atom. The summed E-state index contributed by atoms with van der Waals surface area (Å²) in [6, 6.07) is 21.7. The van der Waals surface area contributed by atoms with E-state index in [1.165, 1.54) is 22.3 Å². The molecule has 0 fully saturated rings. The van der Waals surface area contributed by atoms with Crippen LogP contribution in [0.1, 0.15) is 22.9 Å². The van der Waals surface area contributed by atoms with Gasteiger partial charge in [-0.2, -0.15) is 0 Å². The molecule has 0 saturated carbocycles. The molecule has 3 aromatic rings. The van der Waals surface area contributed by atoms with Gasteiger partial charge in [0.15, 0.2) is 0 Å². The van der Waals surface area contributed by atoms with E-state index >= 15 is 0 Å². The van der Waals surface area contributed by atoms with E-state index in [1.54, 1.807) is 6.26 Å². The Balaban J connectivity index is 1.77. The summed E-state index contributed by atoms with van der Waals surface area (Å²) < 4.78 is 5.50. The highest BCUT2D eigenvalue weighted by Crippen LogP contribution is 2.45. The van der Waals surface area contributed by atoms with Crippen molar-refractivity contribution in [2.75, 3.05) is 7.05 Å². The molecule has 2 heteroatoms. The van der Waals surface area contributed by atoms with Crippen molar-refractivity contribution in [3.63, 3.8) is 0 Å². The Hall–Kier alpha value is -2.32. The van der Waals surface area contributed by atoms with Crippen LogP contribution in [0.5, 0.6) is 0 Å². The van der Waals surface area contributed by atoms with Crippen molar-refractivity contribution in [2.24, 2.45) is 0 Å². The monoisotopic (exact) mass is 275 g/mol. The molecule has 2 nitrogen and oxygen atoms in total. The van der Waals surface area contributed by atoms with Gasteiger partial charge in [0.25, 0.3) is 0 Å². The van der Waals surface area contributed by atoms with Gasteiger partial charge < -0.3 is 4.42 Å². The first kappa shape index (κ1) is 12.4. The average Bonchev–Trinajstić information content (AvgIpc) is 3.12. The number of nitrogens with zero attached hydrogens (tertiary/aromatic N) is 1. The number of furan rings is 1. The van der Waals surface area contributed by atoms with E-state index in [-0.39, 0.29) is 0 Å². The maximum Gasteiger partial charge on any atom is 0.117 e. The predicted molar refractivity (Wildman–Crippen MR) is 83.9 cm³/mol. The molecule has 1 aliphatic rings. The van der Waals surface area contributed by atoms with E-state index < -0.39 is 0 Å². The first-order chi connectivity index (χ1) is 10.3. The van der Waals surface area contributed by atoms with Crippen molar-refractivity contribution in [2.45, 2.75) is 12.6 Å². The van der Waals surface area contributed by atoms with Gasteiger partial charge in [-0.3, -0.25) is 4.90 Å². The van der Waals surface area contributed by atoms with Gasteiger partial charge in [-0.25, -0.2) is 0 Å². The average molecular weight is 275 g/mol. The number of hydrogen-bond donors (Lipinski definition) is 0. The van der Waals surface area contributed by atoms with Gasteiger partial charge in [-0.05, 0) is 41.4 Å². The minimum absolute atomic E-state index is 0.294. The molecule has 0 aliphatic heterocycles. The molecular weight excluding hydrogens is 258 g/mol. The van der Waals surface area contributed by atoms with Gasteiger partial charge >= 0.3 is 0 Å². The third-order valence-electron chi connectivity index (χ3n) is 4.23. The smallest absolute Gasteiger partial charge is 0.117 e. The molecule has 0 unspecified atom stereocenters. The fraction of sp³-hybridized carbons (Fsp3) is 0.158.